The fourth-order valence-corrected chi connectivity index (χ4v) is 3.23. The van der Waals surface area contributed by atoms with Crippen molar-refractivity contribution in [2.45, 2.75) is 12.2 Å². The van der Waals surface area contributed by atoms with Crippen molar-refractivity contribution in [2.24, 2.45) is 0 Å². The number of aromatic nitrogens is 3. The molecule has 0 N–H and O–H groups in total. The van der Waals surface area contributed by atoms with Crippen molar-refractivity contribution in [3.63, 3.8) is 0 Å². The lowest BCUT2D eigenvalue weighted by atomic mass is 10.1. The van der Waals surface area contributed by atoms with Crippen LogP contribution in [-0.2, 0) is 11.0 Å². The Morgan fingerprint density at radius 1 is 1.17 bits per heavy atom. The summed E-state index contributed by atoms with van der Waals surface area (Å²) in [6.45, 7) is 3.28. The fraction of sp³-hybridized carbons (Fsp3) is 0.211. The van der Waals surface area contributed by atoms with Crippen molar-refractivity contribution in [1.29, 1.82) is 0 Å². The quantitative estimate of drug-likeness (QED) is 0.484. The summed E-state index contributed by atoms with van der Waals surface area (Å²) >= 11 is 0. The van der Waals surface area contributed by atoms with Crippen molar-refractivity contribution in [2.75, 3.05) is 13.1 Å². The lowest BCUT2D eigenvalue weighted by molar-refractivity contribution is -0.137. The number of hydrogen-bond acceptors (Lipinski definition) is 3. The predicted octanol–water partition coefficient (Wildman–Crippen LogP) is 4.12. The number of likely N-dealkylation sites (tertiary alicyclic amines) is 1. The van der Waals surface area contributed by atoms with Gasteiger partial charge < -0.3 is 4.90 Å². The number of alkyl halides is 3. The Hall–Kier alpha value is -3.30. The SMILES string of the molecule is C=C(F)C(=O)N1CC(n2nc(-c3ccc(C(F)(F)F)cc3)c3cc(F)cnc32)C1. The van der Waals surface area contributed by atoms with Crippen LogP contribution in [0.5, 0.6) is 0 Å². The Balaban J connectivity index is 1.72. The largest absolute Gasteiger partial charge is 0.416 e. The van der Waals surface area contributed by atoms with Gasteiger partial charge in [-0.05, 0) is 18.2 Å². The number of nitrogens with zero attached hydrogens (tertiary/aromatic N) is 4. The van der Waals surface area contributed by atoms with Crippen LogP contribution >= 0.6 is 0 Å². The van der Waals surface area contributed by atoms with Crippen LogP contribution in [0.3, 0.4) is 0 Å². The topological polar surface area (TPSA) is 51.0 Å². The molecule has 29 heavy (non-hydrogen) atoms. The molecule has 2 aromatic heterocycles. The summed E-state index contributed by atoms with van der Waals surface area (Å²) in [5.74, 6) is -2.51. The number of carbonyl (C=O) groups excluding carboxylic acids is 1. The molecule has 3 heterocycles. The minimum atomic E-state index is -4.48. The van der Waals surface area contributed by atoms with E-state index in [1.54, 1.807) is 0 Å². The van der Waals surface area contributed by atoms with Crippen LogP contribution in [0.4, 0.5) is 22.0 Å². The van der Waals surface area contributed by atoms with Gasteiger partial charge in [0.15, 0.2) is 11.5 Å². The summed E-state index contributed by atoms with van der Waals surface area (Å²) < 4.78 is 66.7. The molecule has 0 unspecified atom stereocenters. The molecule has 0 spiro atoms. The zero-order valence-corrected chi connectivity index (χ0v) is 14.7. The van der Waals surface area contributed by atoms with Crippen molar-refractivity contribution in [3.8, 4) is 11.3 Å². The van der Waals surface area contributed by atoms with E-state index >= 15 is 0 Å². The fourth-order valence-electron chi connectivity index (χ4n) is 3.23. The molecule has 0 saturated carbocycles. The van der Waals surface area contributed by atoms with Crippen molar-refractivity contribution < 1.29 is 26.7 Å². The van der Waals surface area contributed by atoms with Gasteiger partial charge in [0.1, 0.15) is 11.5 Å². The first-order chi connectivity index (χ1) is 13.6. The monoisotopic (exact) mass is 408 g/mol. The van der Waals surface area contributed by atoms with Crippen molar-refractivity contribution in [1.82, 2.24) is 19.7 Å². The Bertz CT molecular complexity index is 1110. The highest BCUT2D eigenvalue weighted by Crippen LogP contribution is 2.34. The van der Waals surface area contributed by atoms with Gasteiger partial charge in [0, 0.05) is 24.0 Å². The summed E-state index contributed by atoms with van der Waals surface area (Å²) in [5.41, 5.74) is 0.130. The molecule has 1 saturated heterocycles. The maximum absolute atomic E-state index is 13.8. The van der Waals surface area contributed by atoms with Gasteiger partial charge in [0.05, 0.1) is 17.8 Å². The van der Waals surface area contributed by atoms with Crippen LogP contribution in [0, 0.1) is 5.82 Å². The van der Waals surface area contributed by atoms with Crippen LogP contribution in [0.1, 0.15) is 11.6 Å². The first-order valence-corrected chi connectivity index (χ1v) is 8.50. The normalized spacial score (nSPS) is 14.9. The average molecular weight is 408 g/mol. The molecule has 1 fully saturated rings. The van der Waals surface area contributed by atoms with Crippen LogP contribution in [0.25, 0.3) is 22.3 Å². The summed E-state index contributed by atoms with van der Waals surface area (Å²) in [5, 5.41) is 4.73. The van der Waals surface area contributed by atoms with E-state index in [0.717, 1.165) is 18.3 Å². The van der Waals surface area contributed by atoms with E-state index < -0.39 is 29.3 Å². The van der Waals surface area contributed by atoms with Crippen molar-refractivity contribution >= 4 is 16.9 Å². The third-order valence-corrected chi connectivity index (χ3v) is 4.73. The molecule has 10 heteroatoms. The highest BCUT2D eigenvalue weighted by molar-refractivity contribution is 5.92. The lowest BCUT2D eigenvalue weighted by Gasteiger charge is -2.38. The second-order valence-electron chi connectivity index (χ2n) is 6.66. The van der Waals surface area contributed by atoms with Crippen molar-refractivity contribution in [3.05, 3.63) is 60.3 Å². The molecule has 5 nitrogen and oxygen atoms in total. The van der Waals surface area contributed by atoms with Gasteiger partial charge in [-0.15, -0.1) is 0 Å². The maximum atomic E-state index is 13.8. The molecule has 150 valence electrons. The Kier molecular flexibility index (Phi) is 4.36. The summed E-state index contributed by atoms with van der Waals surface area (Å²) in [7, 11) is 0. The minimum Gasteiger partial charge on any atom is -0.332 e. The zero-order chi connectivity index (χ0) is 20.9. The van der Waals surface area contributed by atoms with Gasteiger partial charge in [-0.25, -0.2) is 18.4 Å². The van der Waals surface area contributed by atoms with E-state index in [0.29, 0.717) is 16.6 Å². The van der Waals surface area contributed by atoms with Gasteiger partial charge in [0.2, 0.25) is 0 Å². The molecule has 0 radical (unpaired) electrons. The standard InChI is InChI=1S/C19H13F5N4O/c1-10(20)18(29)27-8-14(9-27)28-17-15(6-13(21)7-25-17)16(26-28)11-2-4-12(5-3-11)19(22,23)24/h2-7,14H,1,8-9H2. The lowest BCUT2D eigenvalue weighted by Crippen LogP contribution is -2.51. The molecular weight excluding hydrogens is 395 g/mol. The molecule has 1 aliphatic rings. The Labute approximate surface area is 161 Å². The van der Waals surface area contributed by atoms with Gasteiger partial charge in [0.25, 0.3) is 5.91 Å². The molecule has 1 aliphatic heterocycles. The van der Waals surface area contributed by atoms with Gasteiger partial charge in [-0.1, -0.05) is 18.7 Å². The Morgan fingerprint density at radius 2 is 1.83 bits per heavy atom. The predicted molar refractivity (Wildman–Crippen MR) is 93.8 cm³/mol. The van der Waals surface area contributed by atoms with E-state index in [4.69, 9.17) is 0 Å². The molecule has 4 rings (SSSR count). The number of amides is 1. The van der Waals surface area contributed by atoms with Crippen LogP contribution in [0.15, 0.2) is 48.9 Å². The number of rotatable bonds is 3. The molecule has 0 atom stereocenters. The number of pyridine rings is 1. The molecule has 1 amide bonds. The molecule has 0 aliphatic carbocycles. The maximum Gasteiger partial charge on any atom is 0.416 e. The third-order valence-electron chi connectivity index (χ3n) is 4.73. The van der Waals surface area contributed by atoms with Gasteiger partial charge >= 0.3 is 6.18 Å². The summed E-state index contributed by atoms with van der Waals surface area (Å²) in [4.78, 5) is 16.9. The third kappa shape index (κ3) is 3.34. The van der Waals surface area contributed by atoms with E-state index in [2.05, 4.69) is 16.7 Å². The minimum absolute atomic E-state index is 0.157. The molecule has 1 aromatic carbocycles. The number of carbonyl (C=O) groups is 1. The summed E-state index contributed by atoms with van der Waals surface area (Å²) in [6.07, 6.45) is -3.47. The number of hydrogen-bond donors (Lipinski definition) is 0. The molecule has 3 aromatic rings. The van der Waals surface area contributed by atoms with E-state index in [9.17, 15) is 26.7 Å². The van der Waals surface area contributed by atoms with Gasteiger partial charge in [-0.2, -0.15) is 18.3 Å². The second kappa shape index (κ2) is 6.64. The van der Waals surface area contributed by atoms with Crippen LogP contribution in [0.2, 0.25) is 0 Å². The average Bonchev–Trinajstić information content (AvgIpc) is 2.98. The van der Waals surface area contributed by atoms with Crippen LogP contribution < -0.4 is 0 Å². The first kappa shape index (κ1) is 19.0. The zero-order valence-electron chi connectivity index (χ0n) is 14.7. The van der Waals surface area contributed by atoms with E-state index in [1.807, 2.05) is 0 Å². The number of fused-ring (bicyclic) bond motifs is 1. The molecule has 0 bridgehead atoms. The second-order valence-corrected chi connectivity index (χ2v) is 6.66. The highest BCUT2D eigenvalue weighted by atomic mass is 19.4. The Morgan fingerprint density at radius 3 is 2.41 bits per heavy atom. The number of halogens is 5. The summed E-state index contributed by atoms with van der Waals surface area (Å²) in [6, 6.07) is 5.21. The van der Waals surface area contributed by atoms with E-state index in [1.165, 1.54) is 27.8 Å². The smallest absolute Gasteiger partial charge is 0.332 e. The number of benzene rings is 1. The molecular formula is C19H13F5N4O. The van der Waals surface area contributed by atoms with E-state index in [-0.39, 0.29) is 24.8 Å². The van der Waals surface area contributed by atoms with Gasteiger partial charge in [-0.3, -0.25) is 4.79 Å². The van der Waals surface area contributed by atoms with Crippen LogP contribution in [-0.4, -0.2) is 38.7 Å². The first-order valence-electron chi connectivity index (χ1n) is 8.50. The highest BCUT2D eigenvalue weighted by Gasteiger charge is 2.35.